The number of nitrogens with zero attached hydrogens (tertiary/aromatic N) is 2. The predicted octanol–water partition coefficient (Wildman–Crippen LogP) is 20.1. The maximum Gasteiger partial charge on any atom is 0.305 e. The quantitative estimate of drug-likeness (QED) is 0.0446. The molecule has 0 aromatic carbocycles. The summed E-state index contributed by atoms with van der Waals surface area (Å²) in [6, 6.07) is 0.316. The molecule has 7 heteroatoms. The molecule has 434 valence electrons. The highest BCUT2D eigenvalue weighted by Gasteiger charge is 2.23. The van der Waals surface area contributed by atoms with Gasteiger partial charge in [0.25, 0.3) is 0 Å². The van der Waals surface area contributed by atoms with Crippen LogP contribution >= 0.6 is 0 Å². The van der Waals surface area contributed by atoms with Crippen LogP contribution in [0.5, 0.6) is 0 Å². The zero-order chi connectivity index (χ0) is 53.7. The smallest absolute Gasteiger partial charge is 0.305 e. The van der Waals surface area contributed by atoms with Crippen LogP contribution in [0.25, 0.3) is 0 Å². The van der Waals surface area contributed by atoms with E-state index in [0.717, 1.165) is 102 Å². The van der Waals surface area contributed by atoms with Gasteiger partial charge in [0.05, 0.1) is 13.2 Å². The second-order valence-corrected chi connectivity index (χ2v) is 23.7. The van der Waals surface area contributed by atoms with Crippen LogP contribution in [0, 0.1) is 17.8 Å². The van der Waals surface area contributed by atoms with Gasteiger partial charge in [0.2, 0.25) is 5.91 Å². The standard InChI is InChI=1S/C66H130N2O5/c1-9-14-18-22-28-38-49-61(47-36-20-16-11-3)58-72-65(70)54-43-32-26-24-29-40-51-63(68(57-45-56-67(7)8)64(69)53-42-31-23-19-15-10-2)52-41-30-25-27-33-44-55-66(71)73-59-62(48-37-21-17-12-4)50-39-34-35-46-60(6)13-5/h60-63H,9-59H2,1-8H3. The number of amides is 1. The zero-order valence-electron chi connectivity index (χ0n) is 50.8. The molecule has 0 aliphatic carbocycles. The Bertz CT molecular complexity index is 1180. The molecule has 0 aromatic rings. The molecule has 7 nitrogen and oxygen atoms in total. The van der Waals surface area contributed by atoms with E-state index in [1.807, 2.05) is 0 Å². The van der Waals surface area contributed by atoms with Crippen molar-refractivity contribution in [2.45, 2.75) is 349 Å². The second-order valence-electron chi connectivity index (χ2n) is 23.7. The third kappa shape index (κ3) is 48.5. The SMILES string of the molecule is CCCCCCCCC(=O)N(CCCN(C)C)C(CCCCCCCCC(=O)OCC(CCCCCC)CCCCCCCC)CCCCCCCCC(=O)OCC(CCCCCC)CCCCCC(C)CC. The second kappa shape index (κ2) is 55.1. The summed E-state index contributed by atoms with van der Waals surface area (Å²) in [6.45, 7) is 16.8. The molecule has 0 heterocycles. The monoisotopic (exact) mass is 1030 g/mol. The van der Waals surface area contributed by atoms with Crippen molar-refractivity contribution in [3.63, 3.8) is 0 Å². The van der Waals surface area contributed by atoms with E-state index < -0.39 is 0 Å². The van der Waals surface area contributed by atoms with E-state index in [2.05, 4.69) is 65.4 Å². The third-order valence-corrected chi connectivity index (χ3v) is 16.2. The highest BCUT2D eigenvalue weighted by atomic mass is 16.5. The largest absolute Gasteiger partial charge is 0.465 e. The fourth-order valence-electron chi connectivity index (χ4n) is 10.9. The molecule has 0 rings (SSSR count). The molecule has 0 fully saturated rings. The van der Waals surface area contributed by atoms with Gasteiger partial charge in [0.1, 0.15) is 0 Å². The number of carbonyl (C=O) groups is 3. The summed E-state index contributed by atoms with van der Waals surface area (Å²) >= 11 is 0. The third-order valence-electron chi connectivity index (χ3n) is 16.2. The summed E-state index contributed by atoms with van der Waals surface area (Å²) < 4.78 is 11.8. The first kappa shape index (κ1) is 71.4. The molecule has 0 N–H and O–H groups in total. The Balaban J connectivity index is 5.04. The molecule has 4 unspecified atom stereocenters. The highest BCUT2D eigenvalue weighted by Crippen LogP contribution is 2.25. The maximum absolute atomic E-state index is 14.0. The van der Waals surface area contributed by atoms with Crippen molar-refractivity contribution in [2.24, 2.45) is 17.8 Å². The van der Waals surface area contributed by atoms with Gasteiger partial charge in [-0.25, -0.2) is 0 Å². The average molecular weight is 1030 g/mol. The minimum atomic E-state index is 0.00353. The van der Waals surface area contributed by atoms with Crippen LogP contribution < -0.4 is 0 Å². The number of hydrogen-bond donors (Lipinski definition) is 0. The maximum atomic E-state index is 14.0. The normalized spacial score (nSPS) is 13.3. The van der Waals surface area contributed by atoms with E-state index in [4.69, 9.17) is 9.47 Å². The van der Waals surface area contributed by atoms with Crippen molar-refractivity contribution in [1.29, 1.82) is 0 Å². The summed E-state index contributed by atoms with van der Waals surface area (Å²) in [6.07, 6.45) is 55.1. The Morgan fingerprint density at radius 1 is 0.356 bits per heavy atom. The van der Waals surface area contributed by atoms with Crippen LogP contribution in [0.3, 0.4) is 0 Å². The summed E-state index contributed by atoms with van der Waals surface area (Å²) in [5.41, 5.74) is 0. The Hall–Kier alpha value is -1.63. The lowest BCUT2D eigenvalue weighted by Gasteiger charge is -2.33. The molecule has 0 saturated carbocycles. The Kier molecular flexibility index (Phi) is 53.9. The number of ether oxygens (including phenoxy) is 2. The molecule has 1 amide bonds. The first-order valence-corrected chi connectivity index (χ1v) is 32.9. The van der Waals surface area contributed by atoms with Crippen LogP contribution in [0.4, 0.5) is 0 Å². The molecule has 0 saturated heterocycles. The van der Waals surface area contributed by atoms with E-state index in [1.54, 1.807) is 0 Å². The van der Waals surface area contributed by atoms with Gasteiger partial charge in [-0.15, -0.1) is 0 Å². The Morgan fingerprint density at radius 3 is 1.05 bits per heavy atom. The summed E-state index contributed by atoms with van der Waals surface area (Å²) in [7, 11) is 4.28. The lowest BCUT2D eigenvalue weighted by atomic mass is 9.94. The van der Waals surface area contributed by atoms with Gasteiger partial charge in [-0.2, -0.15) is 0 Å². The van der Waals surface area contributed by atoms with Gasteiger partial charge >= 0.3 is 11.9 Å². The number of esters is 2. The molecule has 0 aromatic heterocycles. The number of rotatable bonds is 58. The van der Waals surface area contributed by atoms with E-state index in [1.165, 1.54) is 199 Å². The van der Waals surface area contributed by atoms with Crippen molar-refractivity contribution >= 4 is 17.8 Å². The summed E-state index contributed by atoms with van der Waals surface area (Å²) in [5, 5.41) is 0. The average Bonchev–Trinajstić information content (AvgIpc) is 3.38. The van der Waals surface area contributed by atoms with E-state index in [-0.39, 0.29) is 11.9 Å². The van der Waals surface area contributed by atoms with Crippen LogP contribution in [0.2, 0.25) is 0 Å². The van der Waals surface area contributed by atoms with Crippen LogP contribution in [0.1, 0.15) is 343 Å². The molecule has 4 atom stereocenters. The molecular weight excluding hydrogens is 901 g/mol. The van der Waals surface area contributed by atoms with E-state index in [0.29, 0.717) is 56.3 Å². The lowest BCUT2D eigenvalue weighted by Crippen LogP contribution is -2.41. The van der Waals surface area contributed by atoms with Crippen molar-refractivity contribution in [2.75, 3.05) is 40.4 Å². The molecule has 0 bridgehead atoms. The topological polar surface area (TPSA) is 76.2 Å². The Labute approximate surface area is 457 Å². The molecule has 0 aliphatic rings. The molecule has 0 spiro atoms. The molecule has 0 aliphatic heterocycles. The number of hydrogen-bond acceptors (Lipinski definition) is 6. The van der Waals surface area contributed by atoms with Crippen molar-refractivity contribution < 1.29 is 23.9 Å². The van der Waals surface area contributed by atoms with Gasteiger partial charge in [0, 0.05) is 31.8 Å². The van der Waals surface area contributed by atoms with E-state index >= 15 is 0 Å². The van der Waals surface area contributed by atoms with Crippen LogP contribution in [0.15, 0.2) is 0 Å². The van der Waals surface area contributed by atoms with E-state index in [9.17, 15) is 14.4 Å². The van der Waals surface area contributed by atoms with Crippen LogP contribution in [-0.2, 0) is 23.9 Å². The molecule has 73 heavy (non-hydrogen) atoms. The zero-order valence-corrected chi connectivity index (χ0v) is 50.8. The number of unbranched alkanes of at least 4 members (excludes halogenated alkanes) is 28. The number of carbonyl (C=O) groups excluding carboxylic acids is 3. The Morgan fingerprint density at radius 2 is 0.671 bits per heavy atom. The van der Waals surface area contributed by atoms with Gasteiger partial charge in [-0.05, 0) is 103 Å². The fourth-order valence-corrected chi connectivity index (χ4v) is 10.9. The lowest BCUT2D eigenvalue weighted by molar-refractivity contribution is -0.146. The first-order valence-electron chi connectivity index (χ1n) is 32.9. The minimum absolute atomic E-state index is 0.00353. The molecule has 0 radical (unpaired) electrons. The summed E-state index contributed by atoms with van der Waals surface area (Å²) in [4.78, 5) is 44.2. The first-order chi connectivity index (χ1) is 35.6. The minimum Gasteiger partial charge on any atom is -0.465 e. The van der Waals surface area contributed by atoms with Gasteiger partial charge in [-0.1, -0.05) is 260 Å². The van der Waals surface area contributed by atoms with Crippen molar-refractivity contribution in [1.82, 2.24) is 9.80 Å². The van der Waals surface area contributed by atoms with Gasteiger partial charge in [0.15, 0.2) is 0 Å². The highest BCUT2D eigenvalue weighted by molar-refractivity contribution is 5.76. The summed E-state index contributed by atoms with van der Waals surface area (Å²) in [5.74, 6) is 2.26. The van der Waals surface area contributed by atoms with Gasteiger partial charge in [-0.3, -0.25) is 14.4 Å². The van der Waals surface area contributed by atoms with Crippen molar-refractivity contribution in [3.8, 4) is 0 Å². The van der Waals surface area contributed by atoms with Gasteiger partial charge < -0.3 is 19.3 Å². The molecular formula is C66H130N2O5. The van der Waals surface area contributed by atoms with Crippen LogP contribution in [-0.4, -0.2) is 74.1 Å². The fraction of sp³-hybridized carbons (Fsp3) is 0.955. The predicted molar refractivity (Wildman–Crippen MR) is 317 cm³/mol. The van der Waals surface area contributed by atoms with Crippen molar-refractivity contribution in [3.05, 3.63) is 0 Å².